The van der Waals surface area contributed by atoms with Crippen LogP contribution in [0.3, 0.4) is 0 Å². The Bertz CT molecular complexity index is 1340. The van der Waals surface area contributed by atoms with Gasteiger partial charge in [0.05, 0.1) is 11.4 Å². The minimum Gasteiger partial charge on any atom is -0.348 e. The van der Waals surface area contributed by atoms with Crippen molar-refractivity contribution in [3.8, 4) is 11.3 Å². The van der Waals surface area contributed by atoms with Crippen molar-refractivity contribution in [2.75, 3.05) is 11.9 Å². The molecule has 166 valence electrons. The molecule has 0 aromatic carbocycles. The molecule has 0 saturated carbocycles. The highest BCUT2D eigenvalue weighted by atomic mass is 32.1. The number of thiazole rings is 1. The minimum absolute atomic E-state index is 0.211. The number of aryl methyl sites for hydroxylation is 1. The van der Waals surface area contributed by atoms with Crippen LogP contribution in [0.1, 0.15) is 45.2 Å². The van der Waals surface area contributed by atoms with Crippen LogP contribution in [0.25, 0.3) is 27.3 Å². The molecule has 4 aromatic rings. The number of nitrogens with one attached hydrogen (secondary N) is 1. The fourth-order valence-corrected chi connectivity index (χ4v) is 6.66. The molecule has 6 heterocycles. The minimum atomic E-state index is -0.343. The fourth-order valence-electron chi connectivity index (χ4n) is 5.69. The van der Waals surface area contributed by atoms with Crippen molar-refractivity contribution in [1.82, 2.24) is 24.7 Å². The second-order valence-corrected chi connectivity index (χ2v) is 11.1. The van der Waals surface area contributed by atoms with E-state index in [0.717, 1.165) is 45.3 Å². The highest BCUT2D eigenvalue weighted by Crippen LogP contribution is 2.44. The van der Waals surface area contributed by atoms with Crippen LogP contribution < -0.4 is 10.2 Å². The Morgan fingerprint density at radius 2 is 1.88 bits per heavy atom. The molecule has 2 bridgehead atoms. The van der Waals surface area contributed by atoms with Gasteiger partial charge in [0.15, 0.2) is 16.6 Å². The molecular weight excluding hydrogens is 423 g/mol. The lowest BCUT2D eigenvalue weighted by molar-refractivity contribution is 0.208. The third kappa shape index (κ3) is 3.19. The van der Waals surface area contributed by atoms with E-state index >= 15 is 0 Å². The number of imidazole rings is 1. The normalized spacial score (nSPS) is 27.5. The van der Waals surface area contributed by atoms with Crippen LogP contribution in [-0.4, -0.2) is 43.5 Å². The number of hydrogen-bond donors (Lipinski definition) is 1. The Hall–Kier alpha value is -2.58. The number of hydrogen-bond acceptors (Lipinski definition) is 6. The van der Waals surface area contributed by atoms with Gasteiger partial charge in [-0.3, -0.25) is 0 Å². The first-order valence-corrected chi connectivity index (χ1v) is 12.0. The van der Waals surface area contributed by atoms with E-state index in [1.54, 1.807) is 15.7 Å². The van der Waals surface area contributed by atoms with Crippen molar-refractivity contribution >= 4 is 32.5 Å². The first-order valence-electron chi connectivity index (χ1n) is 11.2. The monoisotopic (exact) mass is 450 g/mol. The first kappa shape index (κ1) is 20.1. The van der Waals surface area contributed by atoms with E-state index in [1.165, 1.54) is 18.9 Å². The molecule has 0 spiro atoms. The van der Waals surface area contributed by atoms with Crippen molar-refractivity contribution in [2.45, 2.75) is 63.6 Å². The summed E-state index contributed by atoms with van der Waals surface area (Å²) >= 11 is 1.61. The van der Waals surface area contributed by atoms with Crippen LogP contribution in [0.2, 0.25) is 0 Å². The summed E-state index contributed by atoms with van der Waals surface area (Å²) in [7, 11) is 2.16. The summed E-state index contributed by atoms with van der Waals surface area (Å²) in [6.45, 7) is 6.56. The molecule has 2 aliphatic heterocycles. The van der Waals surface area contributed by atoms with E-state index in [0.29, 0.717) is 11.7 Å². The van der Waals surface area contributed by atoms with Crippen LogP contribution in [0.15, 0.2) is 30.6 Å². The SMILES string of the molecule is Cc1cn2cc(-c3ccc4nc(N(C)[C@H]5C[C@]6(C)CC[C@](C)(C5)N6)sc4n3)cc(F)c2n1. The summed E-state index contributed by atoms with van der Waals surface area (Å²) in [6, 6.07) is 5.87. The number of piperidine rings is 1. The fraction of sp³-hybridized carbons (Fsp3) is 0.458. The van der Waals surface area contributed by atoms with Gasteiger partial charge >= 0.3 is 0 Å². The van der Waals surface area contributed by atoms with Crippen LogP contribution in [0.5, 0.6) is 0 Å². The molecule has 0 radical (unpaired) electrons. The van der Waals surface area contributed by atoms with Gasteiger partial charge in [0.2, 0.25) is 0 Å². The second-order valence-electron chi connectivity index (χ2n) is 10.1. The van der Waals surface area contributed by atoms with E-state index in [4.69, 9.17) is 9.97 Å². The molecule has 2 fully saturated rings. The maximum Gasteiger partial charge on any atom is 0.187 e. The third-order valence-electron chi connectivity index (χ3n) is 7.22. The lowest BCUT2D eigenvalue weighted by atomic mass is 9.84. The highest BCUT2D eigenvalue weighted by Gasteiger charge is 2.49. The Morgan fingerprint density at radius 3 is 2.62 bits per heavy atom. The van der Waals surface area contributed by atoms with Gasteiger partial charge in [0, 0.05) is 42.1 Å². The zero-order valence-electron chi connectivity index (χ0n) is 18.8. The predicted molar refractivity (Wildman–Crippen MR) is 127 cm³/mol. The maximum atomic E-state index is 14.6. The van der Waals surface area contributed by atoms with Gasteiger partial charge in [-0.15, -0.1) is 0 Å². The number of anilines is 1. The number of halogens is 1. The molecule has 8 heteroatoms. The lowest BCUT2D eigenvalue weighted by Crippen LogP contribution is -2.58. The Labute approximate surface area is 190 Å². The molecule has 6 nitrogen and oxygen atoms in total. The molecule has 0 unspecified atom stereocenters. The topological polar surface area (TPSA) is 58.4 Å². The highest BCUT2D eigenvalue weighted by molar-refractivity contribution is 7.21. The van der Waals surface area contributed by atoms with Crippen molar-refractivity contribution in [3.63, 3.8) is 0 Å². The van der Waals surface area contributed by atoms with Gasteiger partial charge in [-0.1, -0.05) is 11.3 Å². The van der Waals surface area contributed by atoms with Gasteiger partial charge in [-0.2, -0.15) is 0 Å². The van der Waals surface area contributed by atoms with Crippen LogP contribution in [0.4, 0.5) is 9.52 Å². The van der Waals surface area contributed by atoms with E-state index in [9.17, 15) is 4.39 Å². The average molecular weight is 451 g/mol. The van der Waals surface area contributed by atoms with E-state index in [-0.39, 0.29) is 16.9 Å². The van der Waals surface area contributed by atoms with Crippen molar-refractivity contribution < 1.29 is 4.39 Å². The summed E-state index contributed by atoms with van der Waals surface area (Å²) in [4.78, 5) is 17.2. The molecule has 0 aliphatic carbocycles. The molecule has 4 aromatic heterocycles. The van der Waals surface area contributed by atoms with Crippen molar-refractivity contribution in [2.24, 2.45) is 0 Å². The third-order valence-corrected chi connectivity index (χ3v) is 8.28. The Balaban J connectivity index is 1.33. The quantitative estimate of drug-likeness (QED) is 0.478. The number of rotatable bonds is 3. The largest absolute Gasteiger partial charge is 0.348 e. The van der Waals surface area contributed by atoms with E-state index in [2.05, 4.69) is 36.1 Å². The zero-order chi connectivity index (χ0) is 22.3. The van der Waals surface area contributed by atoms with E-state index in [1.807, 2.05) is 31.5 Å². The first-order chi connectivity index (χ1) is 15.2. The number of aromatic nitrogens is 4. The number of pyridine rings is 2. The predicted octanol–water partition coefficient (Wildman–Crippen LogP) is 4.95. The molecule has 0 amide bonds. The van der Waals surface area contributed by atoms with Gasteiger partial charge < -0.3 is 14.6 Å². The zero-order valence-corrected chi connectivity index (χ0v) is 19.6. The Morgan fingerprint density at radius 1 is 1.12 bits per heavy atom. The van der Waals surface area contributed by atoms with Gasteiger partial charge in [0.1, 0.15) is 10.3 Å². The maximum absolute atomic E-state index is 14.6. The van der Waals surface area contributed by atoms with Crippen LogP contribution in [-0.2, 0) is 0 Å². The molecule has 32 heavy (non-hydrogen) atoms. The smallest absolute Gasteiger partial charge is 0.187 e. The van der Waals surface area contributed by atoms with Crippen LogP contribution in [0, 0.1) is 12.7 Å². The summed E-state index contributed by atoms with van der Waals surface area (Å²) in [6.07, 6.45) is 8.42. The molecule has 2 saturated heterocycles. The molecule has 1 N–H and O–H groups in total. The molecule has 3 atom stereocenters. The van der Waals surface area contributed by atoms with E-state index < -0.39 is 0 Å². The Kier molecular flexibility index (Phi) is 4.21. The number of nitrogens with zero attached hydrogens (tertiary/aromatic N) is 5. The summed E-state index contributed by atoms with van der Waals surface area (Å²) in [5, 5.41) is 4.85. The summed E-state index contributed by atoms with van der Waals surface area (Å²) in [5.74, 6) is -0.343. The number of fused-ring (bicyclic) bond motifs is 4. The van der Waals surface area contributed by atoms with Crippen LogP contribution >= 0.6 is 11.3 Å². The van der Waals surface area contributed by atoms with Gasteiger partial charge in [-0.05, 0) is 64.7 Å². The van der Waals surface area contributed by atoms with Gasteiger partial charge in [-0.25, -0.2) is 19.3 Å². The molecule has 6 rings (SSSR count). The average Bonchev–Trinajstić information content (AvgIpc) is 3.39. The molecular formula is C24H27FN6S. The molecule has 2 aliphatic rings. The van der Waals surface area contributed by atoms with Crippen molar-refractivity contribution in [3.05, 3.63) is 42.1 Å². The summed E-state index contributed by atoms with van der Waals surface area (Å²) < 4.78 is 16.3. The van der Waals surface area contributed by atoms with Crippen molar-refractivity contribution in [1.29, 1.82) is 0 Å². The lowest BCUT2D eigenvalue weighted by Gasteiger charge is -2.45. The van der Waals surface area contributed by atoms with Gasteiger partial charge in [0.25, 0.3) is 0 Å². The summed E-state index contributed by atoms with van der Waals surface area (Å²) in [5.41, 5.74) is 3.90. The second kappa shape index (κ2) is 6.71. The standard InChI is InChI=1S/C24H27FN6S/c1-14-12-31-13-15(9-17(25)20(31)26-14)18-5-6-19-21(27-18)32-22(28-19)30(4)16-10-23(2)7-8-24(3,11-16)29-23/h5-6,9,12-13,16,29H,7-8,10-11H2,1-4H3/t16-,23-,24+.